The maximum absolute atomic E-state index is 11.8. The van der Waals surface area contributed by atoms with Crippen molar-refractivity contribution in [3.63, 3.8) is 0 Å². The highest BCUT2D eigenvalue weighted by Gasteiger charge is 2.33. The van der Waals surface area contributed by atoms with E-state index in [-0.39, 0.29) is 24.0 Å². The maximum atomic E-state index is 11.8. The molecule has 1 aromatic rings. The summed E-state index contributed by atoms with van der Waals surface area (Å²) in [6.07, 6.45) is 1.82. The molecule has 1 saturated heterocycles. The molecule has 1 aromatic heterocycles. The lowest BCUT2D eigenvalue weighted by Crippen LogP contribution is -2.26. The van der Waals surface area contributed by atoms with Gasteiger partial charge in [-0.05, 0) is 24.6 Å². The van der Waals surface area contributed by atoms with Gasteiger partial charge in [-0.25, -0.2) is 13.4 Å². The molecule has 0 radical (unpaired) electrons. The van der Waals surface area contributed by atoms with Gasteiger partial charge in [0.25, 0.3) is 0 Å². The first-order valence-electron chi connectivity index (χ1n) is 5.50. The topological polar surface area (TPSA) is 67.3 Å². The van der Waals surface area contributed by atoms with Gasteiger partial charge >= 0.3 is 0 Å². The summed E-state index contributed by atoms with van der Waals surface area (Å²) >= 11 is 0. The number of carbonyl (C=O) groups is 1. The average Bonchev–Trinajstić information content (AvgIpc) is 2.56. The van der Waals surface area contributed by atoms with Crippen LogP contribution >= 0.6 is 10.7 Å². The van der Waals surface area contributed by atoms with Crippen LogP contribution in [0.25, 0.3) is 0 Å². The molecule has 18 heavy (non-hydrogen) atoms. The Kier molecular flexibility index (Phi) is 3.59. The van der Waals surface area contributed by atoms with Gasteiger partial charge in [-0.1, -0.05) is 0 Å². The highest BCUT2D eigenvalue weighted by molar-refractivity contribution is 8.13. The van der Waals surface area contributed by atoms with E-state index in [1.807, 2.05) is 13.0 Å². The molecule has 1 atom stereocenters. The van der Waals surface area contributed by atoms with Crippen LogP contribution in [0.5, 0.6) is 0 Å². The predicted octanol–water partition coefficient (Wildman–Crippen LogP) is 1.31. The summed E-state index contributed by atoms with van der Waals surface area (Å²) in [6.45, 7) is 2.26. The second kappa shape index (κ2) is 4.85. The highest BCUT2D eigenvalue weighted by atomic mass is 35.7. The fourth-order valence-corrected chi connectivity index (χ4v) is 3.38. The number of nitrogens with zero attached hydrogens (tertiary/aromatic N) is 2. The minimum absolute atomic E-state index is 0.113. The van der Waals surface area contributed by atoms with Crippen molar-refractivity contribution >= 4 is 31.5 Å². The van der Waals surface area contributed by atoms with Crippen molar-refractivity contribution in [2.24, 2.45) is 5.92 Å². The van der Waals surface area contributed by atoms with Crippen LogP contribution in [0.2, 0.25) is 0 Å². The number of pyridine rings is 1. The number of anilines is 1. The Morgan fingerprint density at radius 2 is 2.28 bits per heavy atom. The van der Waals surface area contributed by atoms with Crippen molar-refractivity contribution in [2.75, 3.05) is 17.2 Å². The monoisotopic (exact) mass is 288 g/mol. The molecule has 0 aromatic carbocycles. The maximum Gasteiger partial charge on any atom is 0.232 e. The van der Waals surface area contributed by atoms with Crippen molar-refractivity contribution < 1.29 is 13.2 Å². The summed E-state index contributed by atoms with van der Waals surface area (Å²) in [4.78, 5) is 17.5. The fraction of sp³-hybridized carbons (Fsp3) is 0.455. The normalized spacial score (nSPS) is 20.4. The molecule has 0 spiro atoms. The predicted molar refractivity (Wildman–Crippen MR) is 69.1 cm³/mol. The molecule has 98 valence electrons. The van der Waals surface area contributed by atoms with Crippen molar-refractivity contribution in [1.29, 1.82) is 0 Å². The molecule has 1 fully saturated rings. The van der Waals surface area contributed by atoms with Gasteiger partial charge in [0.05, 0.1) is 5.75 Å². The molecular weight excluding hydrogens is 276 g/mol. The third-order valence-corrected chi connectivity index (χ3v) is 4.06. The minimum atomic E-state index is -3.57. The summed E-state index contributed by atoms with van der Waals surface area (Å²) in [6, 6.07) is 3.64. The molecule has 7 heteroatoms. The lowest BCUT2D eigenvalue weighted by Gasteiger charge is -2.15. The van der Waals surface area contributed by atoms with E-state index in [4.69, 9.17) is 10.7 Å². The van der Waals surface area contributed by atoms with Gasteiger partial charge in [0.1, 0.15) is 5.82 Å². The second-order valence-electron chi connectivity index (χ2n) is 4.47. The molecular formula is C11H13ClN2O3S. The SMILES string of the molecule is Cc1ccnc(N2CC(CS(=O)(=O)Cl)CC2=O)c1. The molecule has 1 amide bonds. The molecule has 0 saturated carbocycles. The molecule has 1 aliphatic heterocycles. The number of hydrogen-bond acceptors (Lipinski definition) is 4. The van der Waals surface area contributed by atoms with Crippen LogP contribution in [0.1, 0.15) is 12.0 Å². The van der Waals surface area contributed by atoms with E-state index in [0.29, 0.717) is 12.4 Å². The first kappa shape index (κ1) is 13.3. The van der Waals surface area contributed by atoms with Gasteiger partial charge in [-0.2, -0.15) is 0 Å². The Labute approximate surface area is 110 Å². The van der Waals surface area contributed by atoms with Gasteiger partial charge in [0, 0.05) is 35.8 Å². The highest BCUT2D eigenvalue weighted by Crippen LogP contribution is 2.25. The molecule has 1 aliphatic rings. The molecule has 1 unspecified atom stereocenters. The molecule has 2 rings (SSSR count). The molecule has 0 bridgehead atoms. The summed E-state index contributed by atoms with van der Waals surface area (Å²) in [7, 11) is 1.63. The van der Waals surface area contributed by atoms with Crippen LogP contribution in [0.15, 0.2) is 18.3 Å². The standard InChI is InChI=1S/C11H13ClN2O3S/c1-8-2-3-13-10(4-8)14-6-9(5-11(14)15)7-18(12,16)17/h2-4,9H,5-7H2,1H3. The van der Waals surface area contributed by atoms with E-state index in [1.165, 1.54) is 4.90 Å². The van der Waals surface area contributed by atoms with Crippen molar-refractivity contribution in [1.82, 2.24) is 4.98 Å². The second-order valence-corrected chi connectivity index (χ2v) is 7.29. The van der Waals surface area contributed by atoms with Crippen LogP contribution in [-0.4, -0.2) is 31.6 Å². The molecule has 0 aliphatic carbocycles. The first-order valence-corrected chi connectivity index (χ1v) is 7.98. The quantitative estimate of drug-likeness (QED) is 0.787. The Hall–Kier alpha value is -1.14. The summed E-state index contributed by atoms with van der Waals surface area (Å²) in [5, 5.41) is 0. The Morgan fingerprint density at radius 3 is 2.89 bits per heavy atom. The molecule has 0 N–H and O–H groups in total. The van der Waals surface area contributed by atoms with Crippen LogP contribution in [-0.2, 0) is 13.8 Å². The summed E-state index contributed by atoms with van der Waals surface area (Å²) < 4.78 is 22.0. The van der Waals surface area contributed by atoms with Gasteiger partial charge in [0.15, 0.2) is 0 Å². The van der Waals surface area contributed by atoms with E-state index in [0.717, 1.165) is 5.56 Å². The third-order valence-electron chi connectivity index (χ3n) is 2.82. The van der Waals surface area contributed by atoms with Crippen molar-refractivity contribution in [3.8, 4) is 0 Å². The number of aromatic nitrogens is 1. The van der Waals surface area contributed by atoms with Gasteiger partial charge < -0.3 is 0 Å². The van der Waals surface area contributed by atoms with Gasteiger partial charge in [-0.15, -0.1) is 0 Å². The molecule has 2 heterocycles. The number of carbonyl (C=O) groups excluding carboxylic acids is 1. The average molecular weight is 289 g/mol. The van der Waals surface area contributed by atoms with E-state index in [9.17, 15) is 13.2 Å². The number of rotatable bonds is 3. The first-order chi connectivity index (χ1) is 8.35. The number of hydrogen-bond donors (Lipinski definition) is 0. The van der Waals surface area contributed by atoms with E-state index >= 15 is 0 Å². The lowest BCUT2D eigenvalue weighted by molar-refractivity contribution is -0.117. The third kappa shape index (κ3) is 3.20. The number of amides is 1. The Morgan fingerprint density at radius 1 is 1.56 bits per heavy atom. The summed E-state index contributed by atoms with van der Waals surface area (Å²) in [5.74, 6) is 0.0120. The lowest BCUT2D eigenvalue weighted by atomic mass is 10.1. The van der Waals surface area contributed by atoms with Gasteiger partial charge in [-0.3, -0.25) is 9.69 Å². The van der Waals surface area contributed by atoms with Crippen LogP contribution in [0.4, 0.5) is 5.82 Å². The van der Waals surface area contributed by atoms with Gasteiger partial charge in [0.2, 0.25) is 15.0 Å². The van der Waals surface area contributed by atoms with E-state index in [1.54, 1.807) is 12.3 Å². The summed E-state index contributed by atoms with van der Waals surface area (Å²) in [5.41, 5.74) is 1.00. The van der Waals surface area contributed by atoms with Crippen molar-refractivity contribution in [3.05, 3.63) is 23.9 Å². The zero-order valence-electron chi connectivity index (χ0n) is 9.84. The zero-order valence-corrected chi connectivity index (χ0v) is 11.4. The Balaban J connectivity index is 2.15. The van der Waals surface area contributed by atoms with E-state index < -0.39 is 9.05 Å². The van der Waals surface area contributed by atoms with Crippen LogP contribution in [0, 0.1) is 12.8 Å². The zero-order chi connectivity index (χ0) is 13.3. The van der Waals surface area contributed by atoms with Crippen LogP contribution < -0.4 is 4.90 Å². The largest absolute Gasteiger partial charge is 0.296 e. The fourth-order valence-electron chi connectivity index (χ4n) is 2.06. The van der Waals surface area contributed by atoms with Crippen LogP contribution in [0.3, 0.4) is 0 Å². The smallest absolute Gasteiger partial charge is 0.232 e. The van der Waals surface area contributed by atoms with Crippen molar-refractivity contribution in [2.45, 2.75) is 13.3 Å². The molecule has 5 nitrogen and oxygen atoms in total. The minimum Gasteiger partial charge on any atom is -0.296 e. The Bertz CT molecular complexity index is 573. The van der Waals surface area contributed by atoms with E-state index in [2.05, 4.69) is 4.98 Å². The number of aryl methyl sites for hydroxylation is 1. The number of halogens is 1.